The maximum Gasteiger partial charge on any atom is 0.0730 e. The van der Waals surface area contributed by atoms with Gasteiger partial charge in [0.25, 0.3) is 0 Å². The normalized spacial score (nSPS) is 13.6. The molecule has 0 amide bonds. The molecule has 0 aromatic carbocycles. The first-order valence-corrected chi connectivity index (χ1v) is 3.67. The second-order valence-electron chi connectivity index (χ2n) is 2.44. The van der Waals surface area contributed by atoms with Crippen LogP contribution < -0.4 is 0 Å². The third-order valence-corrected chi connectivity index (χ3v) is 1.41. The summed E-state index contributed by atoms with van der Waals surface area (Å²) in [6, 6.07) is 0. The Morgan fingerprint density at radius 3 is 2.56 bits per heavy atom. The molecule has 1 nitrogen and oxygen atoms in total. The van der Waals surface area contributed by atoms with Gasteiger partial charge in [-0.3, -0.25) is 0 Å². The molecule has 52 valence electrons. The van der Waals surface area contributed by atoms with Crippen LogP contribution in [0.4, 0.5) is 0 Å². The van der Waals surface area contributed by atoms with E-state index in [2.05, 4.69) is 6.92 Å². The van der Waals surface area contributed by atoms with Gasteiger partial charge in [0.05, 0.1) is 7.85 Å². The predicted molar refractivity (Wildman–Crippen MR) is 40.7 cm³/mol. The van der Waals surface area contributed by atoms with Crippen LogP contribution in [0.5, 0.6) is 0 Å². The minimum Gasteiger partial charge on any atom is -0.397 e. The van der Waals surface area contributed by atoms with E-state index in [0.29, 0.717) is 0 Å². The van der Waals surface area contributed by atoms with Crippen molar-refractivity contribution in [3.63, 3.8) is 0 Å². The van der Waals surface area contributed by atoms with Crippen molar-refractivity contribution in [1.82, 2.24) is 0 Å². The highest BCUT2D eigenvalue weighted by Gasteiger charge is 1.96. The van der Waals surface area contributed by atoms with Gasteiger partial charge >= 0.3 is 0 Å². The van der Waals surface area contributed by atoms with Gasteiger partial charge in [-0.15, -0.1) is 0 Å². The molecule has 0 fully saturated rings. The second-order valence-corrected chi connectivity index (χ2v) is 2.44. The summed E-state index contributed by atoms with van der Waals surface area (Å²) in [4.78, 5) is 0. The predicted octanol–water partition coefficient (Wildman–Crippen LogP) is 1.52. The molecular weight excluding hydrogens is 111 g/mol. The van der Waals surface area contributed by atoms with Crippen LogP contribution in [0.1, 0.15) is 32.6 Å². The second kappa shape index (κ2) is 6.15. The Morgan fingerprint density at radius 2 is 2.11 bits per heavy atom. The van der Waals surface area contributed by atoms with Gasteiger partial charge in [0.15, 0.2) is 0 Å². The topological polar surface area (TPSA) is 20.2 Å². The number of aliphatic hydroxyl groups is 1. The van der Waals surface area contributed by atoms with E-state index in [1.807, 2.05) is 0 Å². The summed E-state index contributed by atoms with van der Waals surface area (Å²) in [6.07, 6.45) is 4.56. The van der Waals surface area contributed by atoms with Crippen LogP contribution in [0.25, 0.3) is 0 Å². The molecule has 0 aliphatic rings. The van der Waals surface area contributed by atoms with Gasteiger partial charge in [-0.1, -0.05) is 38.4 Å². The molecule has 9 heavy (non-hydrogen) atoms. The summed E-state index contributed by atoms with van der Waals surface area (Å²) in [6.45, 7) is 2.29. The number of unbranched alkanes of at least 4 members (excludes halogenated alkanes) is 2. The summed E-state index contributed by atoms with van der Waals surface area (Å²) < 4.78 is 0. The summed E-state index contributed by atoms with van der Waals surface area (Å²) in [5.74, 6) is 0.0107. The van der Waals surface area contributed by atoms with Gasteiger partial charge in [0, 0.05) is 6.61 Å². The smallest absolute Gasteiger partial charge is 0.0730 e. The van der Waals surface area contributed by atoms with Crippen molar-refractivity contribution in [1.29, 1.82) is 0 Å². The van der Waals surface area contributed by atoms with Crippen LogP contribution in [0.3, 0.4) is 0 Å². The average molecular weight is 126 g/mol. The lowest BCUT2D eigenvalue weighted by Gasteiger charge is -2.05. The van der Waals surface area contributed by atoms with E-state index in [0.717, 1.165) is 12.8 Å². The van der Waals surface area contributed by atoms with Crippen molar-refractivity contribution in [2.75, 3.05) is 6.61 Å². The van der Waals surface area contributed by atoms with Crippen molar-refractivity contribution < 1.29 is 5.11 Å². The monoisotopic (exact) mass is 126 g/mol. The number of hydrogen-bond acceptors (Lipinski definition) is 1. The first-order valence-electron chi connectivity index (χ1n) is 3.67. The summed E-state index contributed by atoms with van der Waals surface area (Å²) in [5, 5.41) is 8.51. The maximum absolute atomic E-state index is 8.51. The third-order valence-electron chi connectivity index (χ3n) is 1.41. The zero-order valence-corrected chi connectivity index (χ0v) is 6.14. The lowest BCUT2D eigenvalue weighted by molar-refractivity contribution is 0.283. The highest BCUT2D eigenvalue weighted by atomic mass is 16.3. The van der Waals surface area contributed by atoms with Gasteiger partial charge < -0.3 is 5.11 Å². The van der Waals surface area contributed by atoms with E-state index >= 15 is 0 Å². The molecule has 0 aromatic rings. The Bertz CT molecular complexity index is 56.9. The molecule has 0 spiro atoms. The van der Waals surface area contributed by atoms with Crippen LogP contribution in [0.2, 0.25) is 5.82 Å². The molecule has 0 heterocycles. The quantitative estimate of drug-likeness (QED) is 0.437. The van der Waals surface area contributed by atoms with E-state index in [4.69, 9.17) is 13.0 Å². The van der Waals surface area contributed by atoms with E-state index in [1.165, 1.54) is 12.8 Å². The standard InChI is InChI=1S/C7H15BO/c1-2-3-4-5-7(8)6-9/h7,9H,2-6H2,1H3/t7-/m1/s1. The summed E-state index contributed by atoms with van der Waals surface area (Å²) >= 11 is 0. The fourth-order valence-electron chi connectivity index (χ4n) is 0.748. The van der Waals surface area contributed by atoms with Gasteiger partial charge in [-0.2, -0.15) is 0 Å². The number of hydrogen-bond donors (Lipinski definition) is 1. The molecule has 2 heteroatoms. The molecule has 0 aromatic heterocycles. The van der Waals surface area contributed by atoms with Gasteiger partial charge in [0.2, 0.25) is 0 Å². The Morgan fingerprint density at radius 1 is 1.44 bits per heavy atom. The minimum absolute atomic E-state index is 0.0107. The van der Waals surface area contributed by atoms with E-state index < -0.39 is 0 Å². The van der Waals surface area contributed by atoms with Gasteiger partial charge in [-0.25, -0.2) is 0 Å². The average Bonchev–Trinajstić information content (AvgIpc) is 1.89. The van der Waals surface area contributed by atoms with Crippen LogP contribution in [-0.2, 0) is 0 Å². The Balaban J connectivity index is 2.88. The fourth-order valence-corrected chi connectivity index (χ4v) is 0.748. The SMILES string of the molecule is [B][C@@H](CO)CCCCC. The molecule has 0 saturated carbocycles. The van der Waals surface area contributed by atoms with Crippen LogP contribution in [0, 0.1) is 0 Å². The van der Waals surface area contributed by atoms with Crippen molar-refractivity contribution in [3.05, 3.63) is 0 Å². The summed E-state index contributed by atoms with van der Waals surface area (Å²) in [7, 11) is 5.46. The molecule has 0 bridgehead atoms. The zero-order chi connectivity index (χ0) is 7.11. The molecule has 0 unspecified atom stereocenters. The molecule has 0 aliphatic heterocycles. The largest absolute Gasteiger partial charge is 0.397 e. The zero-order valence-electron chi connectivity index (χ0n) is 6.14. The van der Waals surface area contributed by atoms with E-state index in [9.17, 15) is 0 Å². The molecule has 2 radical (unpaired) electrons. The van der Waals surface area contributed by atoms with Crippen molar-refractivity contribution in [2.24, 2.45) is 0 Å². The minimum atomic E-state index is 0.0107. The lowest BCUT2D eigenvalue weighted by atomic mass is 9.84. The Hall–Kier alpha value is 0.0249. The first kappa shape index (κ1) is 9.02. The Labute approximate surface area is 58.9 Å². The maximum atomic E-state index is 8.51. The highest BCUT2D eigenvalue weighted by Crippen LogP contribution is 2.09. The molecule has 0 saturated heterocycles. The molecule has 0 rings (SSSR count). The van der Waals surface area contributed by atoms with E-state index in [1.54, 1.807) is 0 Å². The van der Waals surface area contributed by atoms with Crippen LogP contribution in [-0.4, -0.2) is 19.6 Å². The summed E-state index contributed by atoms with van der Waals surface area (Å²) in [5.41, 5.74) is 0. The van der Waals surface area contributed by atoms with Crippen molar-refractivity contribution in [2.45, 2.75) is 38.4 Å². The van der Waals surface area contributed by atoms with Crippen molar-refractivity contribution >= 4 is 7.85 Å². The van der Waals surface area contributed by atoms with Gasteiger partial charge in [-0.05, 0) is 0 Å². The third kappa shape index (κ3) is 5.90. The molecular formula is C7H15BO. The van der Waals surface area contributed by atoms with E-state index in [-0.39, 0.29) is 12.4 Å². The van der Waals surface area contributed by atoms with Crippen LogP contribution >= 0.6 is 0 Å². The highest BCUT2D eigenvalue weighted by molar-refractivity contribution is 6.11. The number of rotatable bonds is 5. The number of aliphatic hydroxyl groups excluding tert-OH is 1. The fraction of sp³-hybridized carbons (Fsp3) is 1.00. The molecule has 0 aliphatic carbocycles. The Kier molecular flexibility index (Phi) is 6.17. The van der Waals surface area contributed by atoms with Gasteiger partial charge in [0.1, 0.15) is 0 Å². The van der Waals surface area contributed by atoms with Crippen LogP contribution in [0.15, 0.2) is 0 Å². The first-order chi connectivity index (χ1) is 4.31. The lowest BCUT2D eigenvalue weighted by Crippen LogP contribution is -1.97. The van der Waals surface area contributed by atoms with Crippen molar-refractivity contribution in [3.8, 4) is 0 Å². The molecule has 1 N–H and O–H groups in total. The molecule has 1 atom stereocenters.